The number of ether oxygens (including phenoxy) is 1. The Hall–Kier alpha value is -3.22. The Kier molecular flexibility index (Phi) is 3.26. The van der Waals surface area contributed by atoms with E-state index >= 15 is 0 Å². The molecule has 0 unspecified atom stereocenters. The molecule has 7 heteroatoms. The lowest BCUT2D eigenvalue weighted by Gasteiger charge is -2.31. The van der Waals surface area contributed by atoms with Crippen molar-refractivity contribution in [3.05, 3.63) is 58.2 Å². The second-order valence-electron chi connectivity index (χ2n) is 5.53. The van der Waals surface area contributed by atoms with Crippen LogP contribution in [0.25, 0.3) is 11.0 Å². The summed E-state index contributed by atoms with van der Waals surface area (Å²) in [7, 11) is 0. The van der Waals surface area contributed by atoms with Crippen LogP contribution in [-0.4, -0.2) is 29.2 Å². The van der Waals surface area contributed by atoms with E-state index in [0.29, 0.717) is 47.9 Å². The van der Waals surface area contributed by atoms with Crippen molar-refractivity contribution in [3.63, 3.8) is 0 Å². The van der Waals surface area contributed by atoms with E-state index in [-0.39, 0.29) is 11.1 Å². The summed E-state index contributed by atoms with van der Waals surface area (Å²) in [6, 6.07) is 8.44. The van der Waals surface area contributed by atoms with E-state index < -0.39 is 5.97 Å². The summed E-state index contributed by atoms with van der Waals surface area (Å²) in [5, 5.41) is 9.79. The molecule has 0 saturated carbocycles. The summed E-state index contributed by atoms with van der Waals surface area (Å²) < 4.78 is 11.3. The Morgan fingerprint density at radius 2 is 2.21 bits per heavy atom. The number of carboxylic acid groups (broad SMARTS) is 1. The second kappa shape index (κ2) is 5.45. The smallest absolute Gasteiger partial charge is 0.339 e. The fourth-order valence-corrected chi connectivity index (χ4v) is 2.93. The Morgan fingerprint density at radius 3 is 3.00 bits per heavy atom. The highest BCUT2D eigenvalue weighted by Crippen LogP contribution is 2.36. The fraction of sp³-hybridized carbons (Fsp3) is 0.176. The lowest BCUT2D eigenvalue weighted by atomic mass is 10.1. The average molecular weight is 326 g/mol. The van der Waals surface area contributed by atoms with Gasteiger partial charge in [0.25, 0.3) is 5.56 Å². The lowest BCUT2D eigenvalue weighted by molar-refractivity contribution is 0.0692. The van der Waals surface area contributed by atoms with E-state index in [1.165, 1.54) is 6.07 Å². The van der Waals surface area contributed by atoms with Gasteiger partial charge in [-0.15, -0.1) is 0 Å². The zero-order valence-corrected chi connectivity index (χ0v) is 12.6. The highest BCUT2D eigenvalue weighted by atomic mass is 16.5. The number of anilines is 1. The molecule has 24 heavy (non-hydrogen) atoms. The summed E-state index contributed by atoms with van der Waals surface area (Å²) in [5.41, 5.74) is 1.17. The van der Waals surface area contributed by atoms with Crippen molar-refractivity contribution in [1.82, 2.24) is 4.98 Å². The van der Waals surface area contributed by atoms with Crippen molar-refractivity contribution in [2.24, 2.45) is 0 Å². The molecule has 3 aromatic rings. The quantitative estimate of drug-likeness (QED) is 0.766. The Bertz CT molecular complexity index is 988. The molecule has 3 heterocycles. The molecular weight excluding hydrogens is 312 g/mol. The molecule has 1 aromatic carbocycles. The van der Waals surface area contributed by atoms with Gasteiger partial charge in [0.2, 0.25) is 0 Å². The van der Waals surface area contributed by atoms with Gasteiger partial charge in [-0.2, -0.15) is 0 Å². The van der Waals surface area contributed by atoms with E-state index in [0.717, 1.165) is 0 Å². The number of carboxylic acids is 1. The minimum absolute atomic E-state index is 0.137. The maximum Gasteiger partial charge on any atom is 0.339 e. The number of benzene rings is 1. The first-order valence-corrected chi connectivity index (χ1v) is 7.47. The van der Waals surface area contributed by atoms with Crippen molar-refractivity contribution >= 4 is 22.6 Å². The maximum atomic E-state index is 11.8. The number of nitrogens with zero attached hydrogens (tertiary/aromatic N) is 1. The predicted molar refractivity (Wildman–Crippen MR) is 86.8 cm³/mol. The number of aromatic carboxylic acids is 1. The first-order valence-electron chi connectivity index (χ1n) is 7.47. The van der Waals surface area contributed by atoms with E-state index in [9.17, 15) is 14.7 Å². The Labute approximate surface area is 136 Å². The van der Waals surface area contributed by atoms with E-state index in [2.05, 4.69) is 4.98 Å². The van der Waals surface area contributed by atoms with Gasteiger partial charge in [-0.1, -0.05) is 6.07 Å². The lowest BCUT2D eigenvalue weighted by Crippen LogP contribution is -2.32. The molecule has 0 amide bonds. The van der Waals surface area contributed by atoms with Gasteiger partial charge in [-0.3, -0.25) is 4.79 Å². The number of rotatable bonds is 3. The number of hydrogen-bond acceptors (Lipinski definition) is 5. The van der Waals surface area contributed by atoms with Crippen LogP contribution in [0.15, 0.2) is 45.7 Å². The first-order chi connectivity index (χ1) is 11.6. The molecule has 0 bridgehead atoms. The highest BCUT2D eigenvalue weighted by molar-refractivity contribution is 5.93. The topological polar surface area (TPSA) is 95.8 Å². The van der Waals surface area contributed by atoms with Crippen LogP contribution in [0.2, 0.25) is 0 Å². The van der Waals surface area contributed by atoms with Crippen molar-refractivity contribution in [3.8, 4) is 5.75 Å². The number of pyridine rings is 1. The third-order valence-electron chi connectivity index (χ3n) is 4.03. The van der Waals surface area contributed by atoms with E-state index in [1.54, 1.807) is 24.4 Å². The van der Waals surface area contributed by atoms with Gasteiger partial charge in [0.1, 0.15) is 23.5 Å². The number of carbonyl (C=O) groups is 1. The minimum atomic E-state index is -1.02. The molecule has 2 aromatic heterocycles. The number of fused-ring (bicyclic) bond motifs is 2. The third kappa shape index (κ3) is 2.30. The summed E-state index contributed by atoms with van der Waals surface area (Å²) in [6.45, 7) is 1.41. The molecule has 1 aliphatic rings. The monoisotopic (exact) mass is 326 g/mol. The number of aromatic nitrogens is 1. The van der Waals surface area contributed by atoms with Crippen LogP contribution in [0.5, 0.6) is 5.75 Å². The van der Waals surface area contributed by atoms with E-state index in [1.807, 2.05) is 11.0 Å². The van der Waals surface area contributed by atoms with Gasteiger partial charge in [0.15, 0.2) is 5.75 Å². The van der Waals surface area contributed by atoms with Crippen LogP contribution >= 0.6 is 0 Å². The van der Waals surface area contributed by atoms with Crippen molar-refractivity contribution in [2.75, 3.05) is 18.1 Å². The Morgan fingerprint density at radius 1 is 1.33 bits per heavy atom. The number of furan rings is 1. The molecule has 0 radical (unpaired) electrons. The average Bonchev–Trinajstić information content (AvgIpc) is 2.98. The van der Waals surface area contributed by atoms with Crippen LogP contribution in [-0.2, 0) is 6.54 Å². The molecule has 0 spiro atoms. The molecular formula is C17H14N2O5. The molecule has 1 aliphatic heterocycles. The molecule has 7 nitrogen and oxygen atoms in total. The molecule has 0 atom stereocenters. The molecule has 0 fully saturated rings. The predicted octanol–water partition coefficient (Wildman–Crippen LogP) is 2.22. The highest BCUT2D eigenvalue weighted by Gasteiger charge is 2.24. The zero-order valence-electron chi connectivity index (χ0n) is 12.6. The number of H-pyrrole nitrogens is 1. The molecule has 0 saturated heterocycles. The molecule has 122 valence electrons. The zero-order chi connectivity index (χ0) is 16.7. The van der Waals surface area contributed by atoms with Crippen LogP contribution < -0.4 is 15.2 Å². The van der Waals surface area contributed by atoms with Gasteiger partial charge in [0.05, 0.1) is 24.2 Å². The summed E-state index contributed by atoms with van der Waals surface area (Å²) in [4.78, 5) is 27.7. The number of nitrogens with one attached hydrogen (secondary N) is 1. The standard InChI is InChI=1S/C17H14N2O5/c20-16-12-8-10(24-14(12)4-5-18-16)9-19-6-7-23-15-11(17(21)22)2-1-3-13(15)19/h1-5,8H,6-7,9H2,(H,18,20)(H,21,22). The van der Waals surface area contributed by atoms with Crippen molar-refractivity contribution in [2.45, 2.75) is 6.54 Å². The maximum absolute atomic E-state index is 11.8. The summed E-state index contributed by atoms with van der Waals surface area (Å²) in [6.07, 6.45) is 1.54. The fourth-order valence-electron chi connectivity index (χ4n) is 2.93. The molecule has 2 N–H and O–H groups in total. The SMILES string of the molecule is O=C(O)c1cccc2c1OCCN2Cc1cc2c(=O)[nH]ccc2o1. The second-order valence-corrected chi connectivity index (χ2v) is 5.53. The third-order valence-corrected chi connectivity index (χ3v) is 4.03. The van der Waals surface area contributed by atoms with Crippen LogP contribution in [0.4, 0.5) is 5.69 Å². The van der Waals surface area contributed by atoms with Gasteiger partial charge >= 0.3 is 5.97 Å². The Balaban J connectivity index is 1.71. The van der Waals surface area contributed by atoms with Crippen LogP contribution in [0.3, 0.4) is 0 Å². The van der Waals surface area contributed by atoms with Crippen molar-refractivity contribution in [1.29, 1.82) is 0 Å². The molecule has 4 rings (SSSR count). The normalized spacial score (nSPS) is 13.6. The van der Waals surface area contributed by atoms with Gasteiger partial charge < -0.3 is 24.1 Å². The van der Waals surface area contributed by atoms with Gasteiger partial charge in [0, 0.05) is 6.20 Å². The number of aromatic amines is 1. The largest absolute Gasteiger partial charge is 0.489 e. The van der Waals surface area contributed by atoms with Crippen LogP contribution in [0.1, 0.15) is 16.1 Å². The van der Waals surface area contributed by atoms with Crippen molar-refractivity contribution < 1.29 is 19.1 Å². The minimum Gasteiger partial charge on any atom is -0.489 e. The summed E-state index contributed by atoms with van der Waals surface area (Å²) in [5.74, 6) is -0.0237. The van der Waals surface area contributed by atoms with Gasteiger partial charge in [-0.25, -0.2) is 4.79 Å². The van der Waals surface area contributed by atoms with Gasteiger partial charge in [-0.05, 0) is 24.3 Å². The summed E-state index contributed by atoms with van der Waals surface area (Å²) >= 11 is 0. The number of para-hydroxylation sites is 1. The van der Waals surface area contributed by atoms with E-state index in [4.69, 9.17) is 9.15 Å². The first kappa shape index (κ1) is 14.4. The van der Waals surface area contributed by atoms with Crippen LogP contribution in [0, 0.1) is 0 Å². The number of hydrogen-bond donors (Lipinski definition) is 2. The molecule has 0 aliphatic carbocycles.